The Kier molecular flexibility index (Phi) is 4.61. The fraction of sp³-hybridized carbons (Fsp3) is 0.870. The van der Waals surface area contributed by atoms with Crippen molar-refractivity contribution < 1.29 is 13.9 Å². The van der Waals surface area contributed by atoms with Crippen molar-refractivity contribution in [3.05, 3.63) is 0 Å². The number of alkyl halides is 1. The van der Waals surface area contributed by atoms with E-state index in [-0.39, 0.29) is 35.2 Å². The van der Waals surface area contributed by atoms with Crippen molar-refractivity contribution >= 4 is 5.97 Å². The zero-order valence-corrected chi connectivity index (χ0v) is 16.3. The van der Waals surface area contributed by atoms with Gasteiger partial charge < -0.3 is 4.74 Å². The molecule has 4 rings (SSSR count). The van der Waals surface area contributed by atoms with Gasteiger partial charge in [0.2, 0.25) is 0 Å². The van der Waals surface area contributed by atoms with Crippen LogP contribution in [0.25, 0.3) is 0 Å². The number of fused-ring (bicyclic) bond motifs is 5. The number of ether oxygens (including phenoxy) is 1. The molecule has 0 radical (unpaired) electrons. The number of hydrogen-bond acceptors (Lipinski definition) is 2. The smallest absolute Gasteiger partial charge is 0.318 e. The molecule has 0 bridgehead atoms. The van der Waals surface area contributed by atoms with Gasteiger partial charge in [0, 0.05) is 0 Å². The molecule has 3 heteroatoms. The van der Waals surface area contributed by atoms with E-state index in [2.05, 4.69) is 19.8 Å². The fourth-order valence-corrected chi connectivity index (χ4v) is 7.72. The second-order valence-corrected chi connectivity index (χ2v) is 10.1. The molecule has 0 aliphatic heterocycles. The Labute approximate surface area is 157 Å². The Hall–Kier alpha value is -1.04. The highest BCUT2D eigenvalue weighted by molar-refractivity contribution is 5.72. The Bertz CT molecular complexity index is 610. The Morgan fingerprint density at radius 2 is 1.96 bits per heavy atom. The molecule has 1 unspecified atom stereocenters. The maximum atomic E-state index is 14.7. The predicted molar refractivity (Wildman–Crippen MR) is 100.0 cm³/mol. The lowest BCUT2D eigenvalue weighted by molar-refractivity contribution is -0.147. The molecule has 26 heavy (non-hydrogen) atoms. The summed E-state index contributed by atoms with van der Waals surface area (Å²) in [6, 6.07) is 0. The monoisotopic (exact) mass is 360 g/mol. The van der Waals surface area contributed by atoms with Crippen LogP contribution in [0, 0.1) is 46.8 Å². The highest BCUT2D eigenvalue weighted by Gasteiger charge is 2.60. The summed E-state index contributed by atoms with van der Waals surface area (Å²) in [5.74, 6) is 4.35. The molecular formula is C23H33FO2. The minimum Gasteiger partial charge on any atom is -0.462 e. The van der Waals surface area contributed by atoms with E-state index in [0.29, 0.717) is 17.8 Å². The summed E-state index contributed by atoms with van der Waals surface area (Å²) in [7, 11) is 0. The average molecular weight is 361 g/mol. The topological polar surface area (TPSA) is 26.3 Å². The van der Waals surface area contributed by atoms with Crippen LogP contribution in [0.2, 0.25) is 0 Å². The first-order valence-corrected chi connectivity index (χ1v) is 10.6. The number of rotatable bonds is 2. The first-order valence-electron chi connectivity index (χ1n) is 10.6. The van der Waals surface area contributed by atoms with Gasteiger partial charge >= 0.3 is 5.97 Å². The molecule has 8 atom stereocenters. The molecule has 4 saturated carbocycles. The van der Waals surface area contributed by atoms with Crippen molar-refractivity contribution in [2.24, 2.45) is 34.5 Å². The number of halogens is 1. The highest BCUT2D eigenvalue weighted by atomic mass is 19.1. The van der Waals surface area contributed by atoms with Crippen LogP contribution in [-0.2, 0) is 9.53 Å². The van der Waals surface area contributed by atoms with Crippen molar-refractivity contribution in [3.63, 3.8) is 0 Å². The lowest BCUT2D eigenvalue weighted by Gasteiger charge is -2.60. The van der Waals surface area contributed by atoms with Crippen LogP contribution in [0.15, 0.2) is 0 Å². The average Bonchev–Trinajstić information content (AvgIpc) is 2.91. The number of terminal acetylenes is 1. The van der Waals surface area contributed by atoms with E-state index >= 15 is 0 Å². The predicted octanol–water partition coefficient (Wildman–Crippen LogP) is 5.30. The van der Waals surface area contributed by atoms with Crippen molar-refractivity contribution in [2.45, 2.75) is 90.3 Å². The van der Waals surface area contributed by atoms with Crippen LogP contribution in [0.5, 0.6) is 0 Å². The molecule has 0 N–H and O–H groups in total. The summed E-state index contributed by atoms with van der Waals surface area (Å²) >= 11 is 0. The van der Waals surface area contributed by atoms with Crippen LogP contribution >= 0.6 is 0 Å². The van der Waals surface area contributed by atoms with Gasteiger partial charge in [0.15, 0.2) is 0 Å². The summed E-state index contributed by atoms with van der Waals surface area (Å²) in [5.41, 5.74) is 0.454. The van der Waals surface area contributed by atoms with Crippen LogP contribution in [0.3, 0.4) is 0 Å². The number of carbonyl (C=O) groups is 1. The molecule has 0 amide bonds. The summed E-state index contributed by atoms with van der Waals surface area (Å²) in [5, 5.41) is 0. The van der Waals surface area contributed by atoms with Crippen molar-refractivity contribution in [1.29, 1.82) is 0 Å². The molecule has 0 saturated heterocycles. The van der Waals surface area contributed by atoms with Gasteiger partial charge in [-0.2, -0.15) is 0 Å². The highest BCUT2D eigenvalue weighted by Crippen LogP contribution is 2.66. The summed E-state index contributed by atoms with van der Waals surface area (Å²) in [4.78, 5) is 11.9. The third-order valence-electron chi connectivity index (χ3n) is 8.85. The van der Waals surface area contributed by atoms with E-state index in [9.17, 15) is 9.18 Å². The van der Waals surface area contributed by atoms with E-state index in [1.807, 2.05) is 0 Å². The third kappa shape index (κ3) is 2.79. The van der Waals surface area contributed by atoms with E-state index in [4.69, 9.17) is 11.2 Å². The normalized spacial score (nSPS) is 50.1. The lowest BCUT2D eigenvalue weighted by atomic mass is 9.45. The number of carbonyl (C=O) groups excluding carboxylic acids is 1. The van der Waals surface area contributed by atoms with Gasteiger partial charge in [-0.3, -0.25) is 4.79 Å². The molecule has 0 aromatic rings. The molecule has 4 fully saturated rings. The van der Waals surface area contributed by atoms with Gasteiger partial charge in [-0.25, -0.2) is 4.39 Å². The van der Waals surface area contributed by atoms with Gasteiger partial charge in [0.1, 0.15) is 18.7 Å². The maximum absolute atomic E-state index is 14.7. The molecule has 2 nitrogen and oxygen atoms in total. The quantitative estimate of drug-likeness (QED) is 0.493. The molecular weight excluding hydrogens is 327 g/mol. The van der Waals surface area contributed by atoms with Crippen LogP contribution in [0.4, 0.5) is 4.39 Å². The van der Waals surface area contributed by atoms with Gasteiger partial charge in [-0.15, -0.1) is 6.42 Å². The van der Waals surface area contributed by atoms with Gasteiger partial charge in [-0.05, 0) is 92.3 Å². The van der Waals surface area contributed by atoms with Gasteiger partial charge in [0.25, 0.3) is 0 Å². The van der Waals surface area contributed by atoms with Crippen molar-refractivity contribution in [1.82, 2.24) is 0 Å². The van der Waals surface area contributed by atoms with Crippen LogP contribution in [-0.4, -0.2) is 18.2 Å². The molecule has 0 aromatic carbocycles. The van der Waals surface area contributed by atoms with Gasteiger partial charge in [-0.1, -0.05) is 19.8 Å². The Balaban J connectivity index is 1.52. The largest absolute Gasteiger partial charge is 0.462 e. The van der Waals surface area contributed by atoms with Crippen LogP contribution < -0.4 is 0 Å². The van der Waals surface area contributed by atoms with Gasteiger partial charge in [0.05, 0.1) is 0 Å². The van der Waals surface area contributed by atoms with E-state index < -0.39 is 6.17 Å². The zero-order chi connectivity index (χ0) is 18.5. The minimum atomic E-state index is -0.593. The van der Waals surface area contributed by atoms with Crippen molar-refractivity contribution in [3.8, 4) is 12.3 Å². The Morgan fingerprint density at radius 1 is 1.15 bits per heavy atom. The summed E-state index contributed by atoms with van der Waals surface area (Å²) in [6.45, 7) is 4.79. The van der Waals surface area contributed by atoms with E-state index in [0.717, 1.165) is 38.5 Å². The van der Waals surface area contributed by atoms with Crippen LogP contribution in [0.1, 0.15) is 78.1 Å². The molecule has 0 spiro atoms. The second-order valence-electron chi connectivity index (χ2n) is 10.1. The minimum absolute atomic E-state index is 0.0235. The first kappa shape index (κ1) is 18.3. The standard InChI is InChI=1S/C23H33FO2/c1-4-6-21(25)26-15-13-19-16-8-9-18-20(24)7-5-11-23(18,3)17(16)10-12-22(19,2)14-15/h1,15-20H,5-14H2,2-3H3/t15-,16+,17-,18?,19-,20-,22+,23+/m0/s1. The number of hydrogen-bond donors (Lipinski definition) is 0. The second kappa shape index (κ2) is 6.54. The molecule has 0 aromatic heterocycles. The Morgan fingerprint density at radius 3 is 2.73 bits per heavy atom. The SMILES string of the molecule is C#CCC(=O)O[C@H]1C[C@H]2[C@@H]3CCC4[C@@H](F)CCC[C@]4(C)[C@H]3CC[C@]2(C)C1. The summed E-state index contributed by atoms with van der Waals surface area (Å²) in [6.07, 6.45) is 14.3. The number of esters is 1. The fourth-order valence-electron chi connectivity index (χ4n) is 7.72. The molecule has 0 heterocycles. The van der Waals surface area contributed by atoms with E-state index in [1.54, 1.807) is 0 Å². The molecule has 144 valence electrons. The van der Waals surface area contributed by atoms with E-state index in [1.165, 1.54) is 19.3 Å². The molecule has 4 aliphatic rings. The maximum Gasteiger partial charge on any atom is 0.318 e. The first-order chi connectivity index (χ1) is 12.4. The zero-order valence-electron chi connectivity index (χ0n) is 16.3. The molecule has 4 aliphatic carbocycles. The summed E-state index contributed by atoms with van der Waals surface area (Å²) < 4.78 is 20.4. The lowest BCUT2D eigenvalue weighted by Crippen LogP contribution is -2.54. The third-order valence-corrected chi connectivity index (χ3v) is 8.85. The van der Waals surface area contributed by atoms with Crippen molar-refractivity contribution in [2.75, 3.05) is 0 Å².